The van der Waals surface area contributed by atoms with Crippen molar-refractivity contribution < 1.29 is 14.3 Å². The molecule has 1 N–H and O–H groups in total. The summed E-state index contributed by atoms with van der Waals surface area (Å²) in [7, 11) is 0. The van der Waals surface area contributed by atoms with Crippen LogP contribution >= 0.6 is 11.8 Å². The van der Waals surface area contributed by atoms with Gasteiger partial charge in [0.15, 0.2) is 22.5 Å². The van der Waals surface area contributed by atoms with Crippen LogP contribution in [0.1, 0.15) is 12.5 Å². The van der Waals surface area contributed by atoms with Crippen molar-refractivity contribution >= 4 is 23.4 Å². The number of rotatable bonds is 6. The normalized spacial score (nSPS) is 13.0. The van der Waals surface area contributed by atoms with Gasteiger partial charge >= 0.3 is 0 Å². The lowest BCUT2D eigenvalue weighted by Gasteiger charge is -2.15. The van der Waals surface area contributed by atoms with E-state index in [1.807, 2.05) is 54.8 Å². The molecule has 0 aliphatic carbocycles. The van der Waals surface area contributed by atoms with Gasteiger partial charge in [0.2, 0.25) is 12.7 Å². The summed E-state index contributed by atoms with van der Waals surface area (Å²) in [6.07, 6.45) is 3.45. The molecule has 9 heteroatoms. The van der Waals surface area contributed by atoms with Crippen molar-refractivity contribution in [1.82, 2.24) is 19.7 Å². The number of anilines is 1. The van der Waals surface area contributed by atoms with E-state index in [0.717, 1.165) is 16.8 Å². The van der Waals surface area contributed by atoms with Gasteiger partial charge in [0.1, 0.15) is 0 Å². The van der Waals surface area contributed by atoms with E-state index in [4.69, 9.17) is 9.47 Å². The van der Waals surface area contributed by atoms with E-state index < -0.39 is 5.25 Å². The number of para-hydroxylation sites is 1. The smallest absolute Gasteiger partial charge is 0.237 e. The minimum atomic E-state index is -0.423. The molecule has 33 heavy (non-hydrogen) atoms. The second-order valence-corrected chi connectivity index (χ2v) is 8.79. The molecule has 5 rings (SSSR count). The van der Waals surface area contributed by atoms with E-state index in [2.05, 4.69) is 20.5 Å². The summed E-state index contributed by atoms with van der Waals surface area (Å²) in [4.78, 5) is 17.0. The van der Waals surface area contributed by atoms with Crippen LogP contribution in [0.15, 0.2) is 72.1 Å². The first-order valence-electron chi connectivity index (χ1n) is 10.4. The molecule has 1 atom stereocenters. The first kappa shape index (κ1) is 21.0. The number of hydrogen-bond acceptors (Lipinski definition) is 7. The molecule has 1 aliphatic rings. The second-order valence-electron chi connectivity index (χ2n) is 7.48. The van der Waals surface area contributed by atoms with Crippen LogP contribution in [-0.2, 0) is 4.79 Å². The zero-order chi connectivity index (χ0) is 22.8. The molecule has 4 aromatic rings. The highest BCUT2D eigenvalue weighted by molar-refractivity contribution is 8.00. The number of fused-ring (bicyclic) bond motifs is 1. The molecular formula is C24H21N5O3S. The molecule has 0 fully saturated rings. The third kappa shape index (κ3) is 4.27. The van der Waals surface area contributed by atoms with E-state index in [0.29, 0.717) is 28.2 Å². The van der Waals surface area contributed by atoms with Gasteiger partial charge in [-0.15, -0.1) is 10.2 Å². The zero-order valence-electron chi connectivity index (χ0n) is 18.1. The summed E-state index contributed by atoms with van der Waals surface area (Å²) in [5.74, 6) is 1.83. The van der Waals surface area contributed by atoms with Gasteiger partial charge in [-0.2, -0.15) is 0 Å². The number of ether oxygens (including phenoxy) is 2. The number of thioether (sulfide) groups is 1. The van der Waals surface area contributed by atoms with Crippen LogP contribution in [0.25, 0.3) is 17.1 Å². The molecule has 166 valence electrons. The van der Waals surface area contributed by atoms with Crippen molar-refractivity contribution in [1.29, 1.82) is 0 Å². The maximum atomic E-state index is 12.9. The number of aromatic nitrogens is 4. The molecule has 0 saturated heterocycles. The monoisotopic (exact) mass is 459 g/mol. The van der Waals surface area contributed by atoms with Crippen LogP contribution in [0.5, 0.6) is 11.5 Å². The van der Waals surface area contributed by atoms with Gasteiger partial charge in [0.05, 0.1) is 10.9 Å². The number of carbonyl (C=O) groups is 1. The third-order valence-corrected chi connectivity index (χ3v) is 6.26. The van der Waals surface area contributed by atoms with Crippen molar-refractivity contribution in [3.8, 4) is 28.6 Å². The van der Waals surface area contributed by atoms with Gasteiger partial charge in [0.25, 0.3) is 0 Å². The number of benzene rings is 2. The summed E-state index contributed by atoms with van der Waals surface area (Å²) in [6, 6.07) is 17.1. The molecule has 0 spiro atoms. The van der Waals surface area contributed by atoms with E-state index in [1.54, 1.807) is 30.6 Å². The topological polar surface area (TPSA) is 91.2 Å². The quantitative estimate of drug-likeness (QED) is 0.425. The predicted octanol–water partition coefficient (Wildman–Crippen LogP) is 4.49. The number of amides is 1. The summed E-state index contributed by atoms with van der Waals surface area (Å²) < 4.78 is 12.7. The van der Waals surface area contributed by atoms with Crippen LogP contribution in [0, 0.1) is 6.92 Å². The van der Waals surface area contributed by atoms with Crippen molar-refractivity contribution in [3.05, 3.63) is 72.6 Å². The summed E-state index contributed by atoms with van der Waals surface area (Å²) in [5, 5.41) is 12.0. The Morgan fingerprint density at radius 2 is 1.85 bits per heavy atom. The minimum absolute atomic E-state index is 0.149. The summed E-state index contributed by atoms with van der Waals surface area (Å²) in [6.45, 7) is 4.07. The Labute approximate surface area is 195 Å². The Morgan fingerprint density at radius 3 is 2.67 bits per heavy atom. The fourth-order valence-corrected chi connectivity index (χ4v) is 4.36. The van der Waals surface area contributed by atoms with Gasteiger partial charge in [-0.3, -0.25) is 14.3 Å². The number of nitrogens with one attached hydrogen (secondary N) is 1. The van der Waals surface area contributed by atoms with Gasteiger partial charge in [-0.05, 0) is 49.7 Å². The number of pyridine rings is 1. The fourth-order valence-electron chi connectivity index (χ4n) is 3.50. The minimum Gasteiger partial charge on any atom is -0.454 e. The first-order valence-corrected chi connectivity index (χ1v) is 11.3. The van der Waals surface area contributed by atoms with E-state index >= 15 is 0 Å². The number of aryl methyl sites for hydroxylation is 1. The lowest BCUT2D eigenvalue weighted by Crippen LogP contribution is -2.23. The highest BCUT2D eigenvalue weighted by Gasteiger charge is 2.23. The van der Waals surface area contributed by atoms with E-state index in [1.165, 1.54) is 11.8 Å². The van der Waals surface area contributed by atoms with Crippen LogP contribution < -0.4 is 14.8 Å². The standard InChI is InChI=1S/C24H21N5O3S/c1-15-5-3-4-6-19(15)29-22(17-9-11-25-12-10-17)27-28-24(29)33-16(2)23(30)26-18-7-8-20-21(13-18)32-14-31-20/h3-13,16H,14H2,1-2H3,(H,26,30)/t16-/m1/s1. The lowest BCUT2D eigenvalue weighted by molar-refractivity contribution is -0.115. The maximum absolute atomic E-state index is 12.9. The molecule has 1 aliphatic heterocycles. The van der Waals surface area contributed by atoms with Crippen LogP contribution in [-0.4, -0.2) is 37.7 Å². The molecule has 0 saturated carbocycles. The largest absolute Gasteiger partial charge is 0.454 e. The van der Waals surface area contributed by atoms with Crippen LogP contribution in [0.4, 0.5) is 5.69 Å². The van der Waals surface area contributed by atoms with Gasteiger partial charge in [-0.25, -0.2) is 0 Å². The summed E-state index contributed by atoms with van der Waals surface area (Å²) in [5.41, 5.74) is 3.58. The molecule has 2 aromatic carbocycles. The van der Waals surface area contributed by atoms with Gasteiger partial charge in [-0.1, -0.05) is 30.0 Å². The summed E-state index contributed by atoms with van der Waals surface area (Å²) >= 11 is 1.35. The number of carbonyl (C=O) groups excluding carboxylic acids is 1. The fraction of sp³-hybridized carbons (Fsp3) is 0.167. The zero-order valence-corrected chi connectivity index (χ0v) is 18.9. The maximum Gasteiger partial charge on any atom is 0.237 e. The van der Waals surface area contributed by atoms with Crippen molar-refractivity contribution in [2.45, 2.75) is 24.3 Å². The van der Waals surface area contributed by atoms with Crippen LogP contribution in [0.3, 0.4) is 0 Å². The molecular weight excluding hydrogens is 438 g/mol. The van der Waals surface area contributed by atoms with E-state index in [-0.39, 0.29) is 12.7 Å². The molecule has 2 aromatic heterocycles. The highest BCUT2D eigenvalue weighted by atomic mass is 32.2. The molecule has 0 unspecified atom stereocenters. The number of nitrogens with zero attached hydrogens (tertiary/aromatic N) is 4. The Kier molecular flexibility index (Phi) is 5.70. The molecule has 0 radical (unpaired) electrons. The second kappa shape index (κ2) is 8.95. The SMILES string of the molecule is Cc1ccccc1-n1c(S[C@H](C)C(=O)Nc2ccc3c(c2)OCO3)nnc1-c1ccncc1. The molecule has 0 bridgehead atoms. The molecule has 1 amide bonds. The lowest BCUT2D eigenvalue weighted by atomic mass is 10.2. The van der Waals surface area contributed by atoms with Crippen molar-refractivity contribution in [2.75, 3.05) is 12.1 Å². The Morgan fingerprint density at radius 1 is 1.06 bits per heavy atom. The average molecular weight is 460 g/mol. The van der Waals surface area contributed by atoms with Gasteiger partial charge in [0, 0.05) is 29.7 Å². The van der Waals surface area contributed by atoms with E-state index in [9.17, 15) is 4.79 Å². The number of hydrogen-bond donors (Lipinski definition) is 1. The first-order chi connectivity index (χ1) is 16.1. The third-order valence-electron chi connectivity index (χ3n) is 5.22. The molecule has 3 heterocycles. The van der Waals surface area contributed by atoms with Crippen LogP contribution in [0.2, 0.25) is 0 Å². The Bertz CT molecular complexity index is 1310. The van der Waals surface area contributed by atoms with Crippen molar-refractivity contribution in [2.24, 2.45) is 0 Å². The van der Waals surface area contributed by atoms with Gasteiger partial charge < -0.3 is 14.8 Å². The predicted molar refractivity (Wildman–Crippen MR) is 126 cm³/mol. The Balaban J connectivity index is 1.42. The Hall–Kier alpha value is -3.85. The average Bonchev–Trinajstić information content (AvgIpc) is 3.46. The van der Waals surface area contributed by atoms with Crippen molar-refractivity contribution in [3.63, 3.8) is 0 Å². The molecule has 8 nitrogen and oxygen atoms in total. The highest BCUT2D eigenvalue weighted by Crippen LogP contribution is 2.35.